The Kier molecular flexibility index (Phi) is 3.09. The molecule has 3 nitrogen and oxygen atoms in total. The molecule has 0 aliphatic rings. The summed E-state index contributed by atoms with van der Waals surface area (Å²) in [5, 5.41) is 2.79. The minimum absolute atomic E-state index is 0.432. The van der Waals surface area contributed by atoms with Gasteiger partial charge in [-0.3, -0.25) is 4.98 Å². The zero-order chi connectivity index (χ0) is 13.4. The van der Waals surface area contributed by atoms with Gasteiger partial charge in [-0.2, -0.15) is 0 Å². The smallest absolute Gasteiger partial charge is 0.137 e. The van der Waals surface area contributed by atoms with Gasteiger partial charge in [0.2, 0.25) is 0 Å². The van der Waals surface area contributed by atoms with Gasteiger partial charge in [-0.25, -0.2) is 9.97 Å². The highest BCUT2D eigenvalue weighted by atomic mass is 35.5. The van der Waals surface area contributed by atoms with Crippen LogP contribution in [0.5, 0.6) is 0 Å². The lowest BCUT2D eigenvalue weighted by Gasteiger charge is -2.10. The third-order valence-electron chi connectivity index (χ3n) is 3.01. The summed E-state index contributed by atoms with van der Waals surface area (Å²) in [6, 6.07) is 5.50. The number of aryl methyl sites for hydroxylation is 1. The van der Waals surface area contributed by atoms with Gasteiger partial charge in [0.1, 0.15) is 10.3 Å². The number of hydrogen-bond donors (Lipinski definition) is 0. The van der Waals surface area contributed by atoms with E-state index < -0.39 is 0 Å². The van der Waals surface area contributed by atoms with Crippen LogP contribution < -0.4 is 0 Å². The second kappa shape index (κ2) is 4.76. The van der Waals surface area contributed by atoms with Crippen LogP contribution in [0.3, 0.4) is 0 Å². The maximum absolute atomic E-state index is 6.24. The molecule has 0 saturated heterocycles. The van der Waals surface area contributed by atoms with Crippen LogP contribution in [0.1, 0.15) is 5.56 Å². The average Bonchev–Trinajstić information content (AvgIpc) is 2.43. The largest absolute Gasteiger partial charge is 0.264 e. The van der Waals surface area contributed by atoms with Gasteiger partial charge in [0.15, 0.2) is 0 Å². The molecular formula is C14H9Cl2N3. The maximum atomic E-state index is 6.24. The summed E-state index contributed by atoms with van der Waals surface area (Å²) in [6.45, 7) is 2.00. The van der Waals surface area contributed by atoms with Crippen LogP contribution in [0.4, 0.5) is 0 Å². The molecule has 0 unspecified atom stereocenters. The lowest BCUT2D eigenvalue weighted by Crippen LogP contribution is -1.93. The Labute approximate surface area is 120 Å². The summed E-state index contributed by atoms with van der Waals surface area (Å²) in [4.78, 5) is 12.6. The lowest BCUT2D eigenvalue weighted by molar-refractivity contribution is 1.26. The number of rotatable bonds is 1. The van der Waals surface area contributed by atoms with E-state index >= 15 is 0 Å². The molecule has 0 N–H and O–H groups in total. The first-order valence-corrected chi connectivity index (χ1v) is 6.44. The molecular weight excluding hydrogens is 281 g/mol. The molecule has 0 amide bonds. The lowest BCUT2D eigenvalue weighted by atomic mass is 10.0. The number of pyridine rings is 3. The summed E-state index contributed by atoms with van der Waals surface area (Å²) in [7, 11) is 0. The van der Waals surface area contributed by atoms with Crippen molar-refractivity contribution in [3.8, 4) is 11.3 Å². The fourth-order valence-electron chi connectivity index (χ4n) is 2.07. The van der Waals surface area contributed by atoms with Crippen molar-refractivity contribution < 1.29 is 0 Å². The molecule has 5 heteroatoms. The Balaban J connectivity index is 2.34. The van der Waals surface area contributed by atoms with Crippen LogP contribution in [0.25, 0.3) is 22.0 Å². The van der Waals surface area contributed by atoms with E-state index in [0.717, 1.165) is 27.6 Å². The van der Waals surface area contributed by atoms with Gasteiger partial charge in [0, 0.05) is 34.9 Å². The molecule has 3 aromatic heterocycles. The van der Waals surface area contributed by atoms with E-state index in [9.17, 15) is 0 Å². The normalized spacial score (nSPS) is 10.9. The summed E-state index contributed by atoms with van der Waals surface area (Å²) < 4.78 is 0. The molecule has 0 spiro atoms. The van der Waals surface area contributed by atoms with Crippen molar-refractivity contribution in [1.82, 2.24) is 15.0 Å². The van der Waals surface area contributed by atoms with E-state index in [1.807, 2.05) is 19.1 Å². The quantitative estimate of drug-likeness (QED) is 0.627. The Morgan fingerprint density at radius 2 is 1.89 bits per heavy atom. The number of aromatic nitrogens is 3. The van der Waals surface area contributed by atoms with Crippen LogP contribution in [0, 0.1) is 6.92 Å². The van der Waals surface area contributed by atoms with Gasteiger partial charge in [-0.1, -0.05) is 23.2 Å². The predicted molar refractivity (Wildman–Crippen MR) is 77.5 cm³/mol. The third kappa shape index (κ3) is 2.15. The van der Waals surface area contributed by atoms with Crippen molar-refractivity contribution in [2.45, 2.75) is 6.92 Å². The van der Waals surface area contributed by atoms with Crippen LogP contribution in [0.2, 0.25) is 10.3 Å². The molecule has 3 aromatic rings. The highest BCUT2D eigenvalue weighted by molar-refractivity contribution is 6.34. The average molecular weight is 290 g/mol. The minimum atomic E-state index is 0.432. The molecule has 0 aliphatic heterocycles. The maximum Gasteiger partial charge on any atom is 0.137 e. The molecule has 0 aliphatic carbocycles. The molecule has 3 heterocycles. The summed E-state index contributed by atoms with van der Waals surface area (Å²) >= 11 is 12.2. The molecule has 0 saturated carbocycles. The molecule has 0 bridgehead atoms. The van der Waals surface area contributed by atoms with Gasteiger partial charge in [0.05, 0.1) is 5.69 Å². The predicted octanol–water partition coefficient (Wildman–Crippen LogP) is 4.31. The molecule has 0 aromatic carbocycles. The van der Waals surface area contributed by atoms with Gasteiger partial charge in [-0.15, -0.1) is 0 Å². The Morgan fingerprint density at radius 3 is 2.68 bits per heavy atom. The van der Waals surface area contributed by atoms with Gasteiger partial charge >= 0.3 is 0 Å². The standard InChI is InChI=1S/C14H9Cl2N3/c1-8-11-7-17-4-3-10(11)14(16)19-13(8)9-2-5-18-12(15)6-9/h2-7H,1H3. The van der Waals surface area contributed by atoms with Gasteiger partial charge in [-0.05, 0) is 30.7 Å². The fraction of sp³-hybridized carbons (Fsp3) is 0.0714. The zero-order valence-corrected chi connectivity index (χ0v) is 11.6. The van der Waals surface area contributed by atoms with E-state index in [1.165, 1.54) is 0 Å². The Morgan fingerprint density at radius 1 is 1.05 bits per heavy atom. The second-order valence-corrected chi connectivity index (χ2v) is 4.91. The van der Waals surface area contributed by atoms with Crippen molar-refractivity contribution in [2.75, 3.05) is 0 Å². The summed E-state index contributed by atoms with van der Waals surface area (Å²) in [5.41, 5.74) is 2.72. The molecule has 0 fully saturated rings. The summed E-state index contributed by atoms with van der Waals surface area (Å²) in [5.74, 6) is 0. The van der Waals surface area contributed by atoms with E-state index in [2.05, 4.69) is 15.0 Å². The van der Waals surface area contributed by atoms with E-state index in [4.69, 9.17) is 23.2 Å². The molecule has 19 heavy (non-hydrogen) atoms. The van der Waals surface area contributed by atoms with Crippen LogP contribution >= 0.6 is 23.2 Å². The first-order chi connectivity index (χ1) is 9.16. The molecule has 0 radical (unpaired) electrons. The van der Waals surface area contributed by atoms with Crippen LogP contribution in [-0.2, 0) is 0 Å². The van der Waals surface area contributed by atoms with E-state index in [-0.39, 0.29) is 0 Å². The highest BCUT2D eigenvalue weighted by Crippen LogP contribution is 2.31. The van der Waals surface area contributed by atoms with Crippen molar-refractivity contribution in [1.29, 1.82) is 0 Å². The van der Waals surface area contributed by atoms with Gasteiger partial charge < -0.3 is 0 Å². The molecule has 3 rings (SSSR count). The van der Waals surface area contributed by atoms with E-state index in [1.54, 1.807) is 24.7 Å². The first kappa shape index (κ1) is 12.3. The third-order valence-corrected chi connectivity index (χ3v) is 3.51. The SMILES string of the molecule is Cc1c(-c2ccnc(Cl)c2)nc(Cl)c2ccncc12. The number of fused-ring (bicyclic) bond motifs is 1. The molecule has 94 valence electrons. The topological polar surface area (TPSA) is 38.7 Å². The first-order valence-electron chi connectivity index (χ1n) is 5.68. The Hall–Kier alpha value is -1.71. The van der Waals surface area contributed by atoms with Crippen LogP contribution in [-0.4, -0.2) is 15.0 Å². The molecule has 0 atom stereocenters. The number of halogens is 2. The van der Waals surface area contributed by atoms with E-state index in [0.29, 0.717) is 10.3 Å². The minimum Gasteiger partial charge on any atom is -0.264 e. The zero-order valence-electron chi connectivity index (χ0n) is 10.1. The number of hydrogen-bond acceptors (Lipinski definition) is 3. The number of nitrogens with zero attached hydrogens (tertiary/aromatic N) is 3. The monoisotopic (exact) mass is 289 g/mol. The fourth-order valence-corrected chi connectivity index (χ4v) is 2.50. The Bertz CT molecular complexity index is 772. The van der Waals surface area contributed by atoms with Crippen molar-refractivity contribution >= 4 is 34.0 Å². The van der Waals surface area contributed by atoms with Crippen LogP contribution in [0.15, 0.2) is 36.8 Å². The van der Waals surface area contributed by atoms with Crippen molar-refractivity contribution in [3.63, 3.8) is 0 Å². The van der Waals surface area contributed by atoms with Crippen molar-refractivity contribution in [3.05, 3.63) is 52.7 Å². The highest BCUT2D eigenvalue weighted by Gasteiger charge is 2.11. The van der Waals surface area contributed by atoms with Crippen molar-refractivity contribution in [2.24, 2.45) is 0 Å². The summed E-state index contributed by atoms with van der Waals surface area (Å²) in [6.07, 6.45) is 5.16. The van der Waals surface area contributed by atoms with Gasteiger partial charge in [0.25, 0.3) is 0 Å². The second-order valence-electron chi connectivity index (χ2n) is 4.16.